The molecule has 10 heteroatoms. The molecule has 0 aromatic heterocycles. The Morgan fingerprint density at radius 1 is 0.837 bits per heavy atom. The Hall–Kier alpha value is -3.43. The molecule has 0 saturated carbocycles. The summed E-state index contributed by atoms with van der Waals surface area (Å²) in [5.74, 6) is -0.737. The molecule has 0 unspecified atom stereocenters. The minimum Gasteiger partial charge on any atom is -0.354 e. The van der Waals surface area contributed by atoms with Crippen molar-refractivity contribution in [2.24, 2.45) is 5.92 Å². The third-order valence-corrected chi connectivity index (χ3v) is 9.64. The third kappa shape index (κ3) is 8.15. The van der Waals surface area contributed by atoms with Crippen LogP contribution < -0.4 is 5.32 Å². The fourth-order valence-electron chi connectivity index (χ4n) is 4.70. The molecule has 0 aliphatic heterocycles. The number of sulfonamides is 1. The largest absolute Gasteiger partial charge is 0.354 e. The number of hydrogen-bond donors (Lipinski definition) is 1. The van der Waals surface area contributed by atoms with E-state index in [1.807, 2.05) is 68.4 Å². The van der Waals surface area contributed by atoms with Crippen LogP contribution in [0.25, 0.3) is 10.8 Å². The van der Waals surface area contributed by atoms with Crippen molar-refractivity contribution in [2.45, 2.75) is 37.8 Å². The average molecular weight is 641 g/mol. The molecule has 226 valence electrons. The zero-order chi connectivity index (χ0) is 31.1. The normalized spacial score (nSPS) is 12.4. The van der Waals surface area contributed by atoms with Crippen LogP contribution in [0, 0.1) is 5.92 Å². The molecule has 0 heterocycles. The molecule has 0 fully saturated rings. The number of likely N-dealkylation sites (N-methyl/N-ethyl adjacent to an activating group) is 1. The molecular formula is C33H35Cl2N3O4S. The number of halogens is 2. The number of nitrogens with one attached hydrogen (secondary N) is 1. The van der Waals surface area contributed by atoms with Crippen LogP contribution in [0.2, 0.25) is 10.0 Å². The van der Waals surface area contributed by atoms with E-state index >= 15 is 0 Å². The second-order valence-electron chi connectivity index (χ2n) is 10.8. The van der Waals surface area contributed by atoms with Crippen LogP contribution in [0.5, 0.6) is 0 Å². The highest BCUT2D eigenvalue weighted by Crippen LogP contribution is 2.28. The van der Waals surface area contributed by atoms with Gasteiger partial charge in [-0.05, 0) is 46.5 Å². The number of fused-ring (bicyclic) bond motifs is 1. The van der Waals surface area contributed by atoms with Gasteiger partial charge in [0.25, 0.3) is 0 Å². The van der Waals surface area contributed by atoms with E-state index < -0.39 is 28.5 Å². The fourth-order valence-corrected chi connectivity index (χ4v) is 6.38. The molecule has 2 amide bonds. The summed E-state index contributed by atoms with van der Waals surface area (Å²) in [6.07, 6.45) is 0.208. The Kier molecular flexibility index (Phi) is 10.8. The summed E-state index contributed by atoms with van der Waals surface area (Å²) in [6.45, 7) is 3.78. The van der Waals surface area contributed by atoms with E-state index in [4.69, 9.17) is 23.2 Å². The smallest absolute Gasteiger partial charge is 0.243 e. The van der Waals surface area contributed by atoms with Gasteiger partial charge in [0.1, 0.15) is 6.04 Å². The lowest BCUT2D eigenvalue weighted by Crippen LogP contribution is -2.53. The molecule has 0 aliphatic rings. The zero-order valence-corrected chi connectivity index (χ0v) is 26.7. The van der Waals surface area contributed by atoms with Crippen molar-refractivity contribution in [2.75, 3.05) is 20.1 Å². The average Bonchev–Trinajstić information content (AvgIpc) is 2.99. The van der Waals surface area contributed by atoms with Gasteiger partial charge in [-0.3, -0.25) is 9.59 Å². The van der Waals surface area contributed by atoms with Gasteiger partial charge in [-0.1, -0.05) is 104 Å². The van der Waals surface area contributed by atoms with Gasteiger partial charge in [-0.15, -0.1) is 0 Å². The maximum absolute atomic E-state index is 14.1. The number of carbonyl (C=O) groups is 2. The molecule has 7 nitrogen and oxygen atoms in total. The monoisotopic (exact) mass is 639 g/mol. The zero-order valence-electron chi connectivity index (χ0n) is 24.3. The van der Waals surface area contributed by atoms with E-state index in [2.05, 4.69) is 5.32 Å². The molecule has 4 aromatic rings. The summed E-state index contributed by atoms with van der Waals surface area (Å²) in [7, 11) is -2.69. The van der Waals surface area contributed by atoms with Crippen molar-refractivity contribution in [1.29, 1.82) is 0 Å². The van der Waals surface area contributed by atoms with Crippen LogP contribution in [-0.2, 0) is 32.6 Å². The minimum atomic E-state index is -4.04. The number of amides is 2. The Bertz CT molecular complexity index is 1680. The number of hydrogen-bond acceptors (Lipinski definition) is 4. The summed E-state index contributed by atoms with van der Waals surface area (Å²) in [4.78, 5) is 29.2. The lowest BCUT2D eigenvalue weighted by atomic mass is 10.0. The first-order valence-electron chi connectivity index (χ1n) is 14.0. The summed E-state index contributed by atoms with van der Waals surface area (Å²) in [5, 5.41) is 5.29. The highest BCUT2D eigenvalue weighted by atomic mass is 35.5. The van der Waals surface area contributed by atoms with E-state index in [1.165, 1.54) is 18.0 Å². The fraction of sp³-hybridized carbons (Fsp3) is 0.273. The number of benzene rings is 4. The lowest BCUT2D eigenvalue weighted by Gasteiger charge is -2.33. The molecule has 0 aliphatic carbocycles. The molecule has 0 saturated heterocycles. The van der Waals surface area contributed by atoms with Gasteiger partial charge >= 0.3 is 0 Å². The van der Waals surface area contributed by atoms with Gasteiger partial charge in [0.2, 0.25) is 21.8 Å². The Morgan fingerprint density at radius 2 is 1.47 bits per heavy atom. The number of rotatable bonds is 12. The maximum Gasteiger partial charge on any atom is 0.243 e. The van der Waals surface area contributed by atoms with Gasteiger partial charge in [0, 0.05) is 42.2 Å². The van der Waals surface area contributed by atoms with Crippen LogP contribution in [-0.4, -0.2) is 55.6 Å². The van der Waals surface area contributed by atoms with Gasteiger partial charge in [0.05, 0.1) is 11.4 Å². The van der Waals surface area contributed by atoms with E-state index in [9.17, 15) is 18.0 Å². The van der Waals surface area contributed by atoms with E-state index in [1.54, 1.807) is 30.3 Å². The Labute approximate surface area is 263 Å². The predicted octanol–water partition coefficient (Wildman–Crippen LogP) is 6.18. The SMILES string of the molecule is CC(C)CNC(=O)[C@@H](Cc1ccccc1)N(Cc1c(Cl)cccc1Cl)C(=O)CN(C)S(=O)(=O)c1ccc2ccccc2c1. The highest BCUT2D eigenvalue weighted by Gasteiger charge is 2.34. The van der Waals surface area contributed by atoms with E-state index in [-0.39, 0.29) is 29.7 Å². The summed E-state index contributed by atoms with van der Waals surface area (Å²) in [6, 6.07) is 25.7. The molecule has 0 radical (unpaired) electrons. The van der Waals surface area contributed by atoms with E-state index in [0.717, 1.165) is 20.6 Å². The van der Waals surface area contributed by atoms with Crippen LogP contribution in [0.1, 0.15) is 25.0 Å². The minimum absolute atomic E-state index is 0.0673. The van der Waals surface area contributed by atoms with E-state index in [0.29, 0.717) is 22.2 Å². The summed E-state index contributed by atoms with van der Waals surface area (Å²) in [5.41, 5.74) is 1.31. The molecule has 4 rings (SSSR count). The summed E-state index contributed by atoms with van der Waals surface area (Å²) < 4.78 is 28.2. The van der Waals surface area contributed by atoms with Gasteiger partial charge in [-0.2, -0.15) is 4.31 Å². The molecule has 43 heavy (non-hydrogen) atoms. The van der Waals surface area contributed by atoms with Crippen molar-refractivity contribution in [3.63, 3.8) is 0 Å². The van der Waals surface area contributed by atoms with Gasteiger partial charge in [0.15, 0.2) is 0 Å². The number of carbonyl (C=O) groups excluding carboxylic acids is 2. The third-order valence-electron chi connectivity index (χ3n) is 7.13. The van der Waals surface area contributed by atoms with Crippen LogP contribution in [0.3, 0.4) is 0 Å². The first-order valence-corrected chi connectivity index (χ1v) is 16.2. The molecule has 0 bridgehead atoms. The van der Waals surface area contributed by atoms with Crippen molar-refractivity contribution in [3.05, 3.63) is 112 Å². The highest BCUT2D eigenvalue weighted by molar-refractivity contribution is 7.89. The first-order chi connectivity index (χ1) is 20.5. The second kappa shape index (κ2) is 14.4. The Morgan fingerprint density at radius 3 is 2.12 bits per heavy atom. The number of nitrogens with zero attached hydrogens (tertiary/aromatic N) is 2. The molecule has 1 N–H and O–H groups in total. The molecule has 1 atom stereocenters. The second-order valence-corrected chi connectivity index (χ2v) is 13.7. The molecular weight excluding hydrogens is 605 g/mol. The van der Waals surface area contributed by atoms with Gasteiger partial charge < -0.3 is 10.2 Å². The van der Waals surface area contributed by atoms with Crippen LogP contribution in [0.15, 0.2) is 95.9 Å². The Balaban J connectivity index is 1.70. The maximum atomic E-state index is 14.1. The topological polar surface area (TPSA) is 86.8 Å². The van der Waals surface area contributed by atoms with Crippen LogP contribution in [0.4, 0.5) is 0 Å². The van der Waals surface area contributed by atoms with Crippen LogP contribution >= 0.6 is 23.2 Å². The predicted molar refractivity (Wildman–Crippen MR) is 173 cm³/mol. The van der Waals surface area contributed by atoms with Crippen molar-refractivity contribution in [1.82, 2.24) is 14.5 Å². The molecule has 0 spiro atoms. The standard InChI is InChI=1S/C33H35Cl2N3O4S/c1-23(2)20-36-33(40)31(18-24-10-5-4-6-11-24)38(21-28-29(34)14-9-15-30(28)35)32(39)22-37(3)43(41,42)27-17-16-25-12-7-8-13-26(25)19-27/h4-17,19,23,31H,18,20-22H2,1-3H3,(H,36,40)/t31-/m1/s1. The molecule has 4 aromatic carbocycles. The summed E-state index contributed by atoms with van der Waals surface area (Å²) >= 11 is 13.0. The van der Waals surface area contributed by atoms with Crippen molar-refractivity contribution >= 4 is 55.8 Å². The lowest BCUT2D eigenvalue weighted by molar-refractivity contribution is -0.141. The van der Waals surface area contributed by atoms with Crippen molar-refractivity contribution in [3.8, 4) is 0 Å². The quantitative estimate of drug-likeness (QED) is 0.201. The van der Waals surface area contributed by atoms with Gasteiger partial charge in [-0.25, -0.2) is 8.42 Å². The van der Waals surface area contributed by atoms with Crippen molar-refractivity contribution < 1.29 is 18.0 Å². The first kappa shape index (κ1) is 32.5.